The van der Waals surface area contributed by atoms with Crippen LogP contribution in [0.1, 0.15) is 17.0 Å². The summed E-state index contributed by atoms with van der Waals surface area (Å²) in [5.74, 6) is -3.09. The zero-order chi connectivity index (χ0) is 13.9. The Hall–Kier alpha value is -1.66. The molecule has 0 heterocycles. The fourth-order valence-electron chi connectivity index (χ4n) is 1.77. The highest BCUT2D eigenvalue weighted by atomic mass is 19.1. The first-order valence-corrected chi connectivity index (χ1v) is 5.45. The molecule has 0 fully saturated rings. The van der Waals surface area contributed by atoms with Crippen LogP contribution in [0.25, 0.3) is 0 Å². The lowest BCUT2D eigenvalue weighted by atomic mass is 9.95. The molecule has 6 heteroatoms. The van der Waals surface area contributed by atoms with E-state index in [2.05, 4.69) is 0 Å². The molecule has 100 valence electrons. The number of phenolic OH excluding ortho intramolecular Hbond substituents is 1. The Labute approximate surface area is 105 Å². The Morgan fingerprint density at radius 2 is 2.11 bits per heavy atom. The highest BCUT2D eigenvalue weighted by molar-refractivity contribution is 5.77. The van der Waals surface area contributed by atoms with Crippen molar-refractivity contribution in [3.05, 3.63) is 29.1 Å². The molecular formula is C12H17FN2O3. The van der Waals surface area contributed by atoms with Crippen LogP contribution in [-0.2, 0) is 11.3 Å². The van der Waals surface area contributed by atoms with Gasteiger partial charge in [0.15, 0.2) is 0 Å². The van der Waals surface area contributed by atoms with Crippen molar-refractivity contribution >= 4 is 5.97 Å². The Morgan fingerprint density at radius 1 is 1.50 bits per heavy atom. The number of rotatable bonds is 5. The monoisotopic (exact) mass is 256 g/mol. The summed E-state index contributed by atoms with van der Waals surface area (Å²) in [7, 11) is 3.53. The second-order valence-electron chi connectivity index (χ2n) is 4.37. The third-order valence-corrected chi connectivity index (χ3v) is 2.58. The second kappa shape index (κ2) is 5.79. The van der Waals surface area contributed by atoms with Gasteiger partial charge in [0.05, 0.1) is 5.92 Å². The first kappa shape index (κ1) is 14.4. The van der Waals surface area contributed by atoms with Gasteiger partial charge in [-0.05, 0) is 26.2 Å². The molecule has 0 saturated carbocycles. The molecule has 0 amide bonds. The minimum absolute atomic E-state index is 0.0156. The van der Waals surface area contributed by atoms with Gasteiger partial charge in [-0.3, -0.25) is 4.79 Å². The molecule has 0 aliphatic heterocycles. The maximum atomic E-state index is 13.5. The molecule has 1 rings (SSSR count). The van der Waals surface area contributed by atoms with E-state index in [1.807, 2.05) is 0 Å². The van der Waals surface area contributed by atoms with E-state index in [0.717, 1.165) is 6.07 Å². The first-order chi connectivity index (χ1) is 8.36. The van der Waals surface area contributed by atoms with E-state index in [1.54, 1.807) is 19.0 Å². The number of benzene rings is 1. The lowest BCUT2D eigenvalue weighted by molar-refractivity contribution is -0.138. The van der Waals surface area contributed by atoms with Crippen molar-refractivity contribution in [1.82, 2.24) is 4.90 Å². The standard InChI is InChI=1S/C12H17FN2O3/c1-15(2)6-7-3-8(13)4-9(11(7)16)10(5-14)12(17)18/h3-4,10,16H,5-6,14H2,1-2H3,(H,17,18). The van der Waals surface area contributed by atoms with E-state index in [0.29, 0.717) is 12.1 Å². The largest absolute Gasteiger partial charge is 0.507 e. The van der Waals surface area contributed by atoms with Crippen molar-refractivity contribution in [2.75, 3.05) is 20.6 Å². The number of hydrogen-bond acceptors (Lipinski definition) is 4. The Bertz CT molecular complexity index is 449. The zero-order valence-electron chi connectivity index (χ0n) is 10.4. The molecule has 18 heavy (non-hydrogen) atoms. The summed E-state index contributed by atoms with van der Waals surface area (Å²) >= 11 is 0. The maximum absolute atomic E-state index is 13.5. The van der Waals surface area contributed by atoms with Crippen molar-refractivity contribution in [3.8, 4) is 5.75 Å². The van der Waals surface area contributed by atoms with Gasteiger partial charge in [-0.15, -0.1) is 0 Å². The van der Waals surface area contributed by atoms with E-state index in [9.17, 15) is 14.3 Å². The van der Waals surface area contributed by atoms with Crippen molar-refractivity contribution in [2.24, 2.45) is 5.73 Å². The van der Waals surface area contributed by atoms with E-state index in [4.69, 9.17) is 10.8 Å². The smallest absolute Gasteiger partial charge is 0.312 e. The first-order valence-electron chi connectivity index (χ1n) is 5.45. The van der Waals surface area contributed by atoms with Gasteiger partial charge in [0, 0.05) is 24.2 Å². The molecule has 0 bridgehead atoms. The molecule has 0 aliphatic rings. The van der Waals surface area contributed by atoms with Gasteiger partial charge in [-0.25, -0.2) is 4.39 Å². The number of aromatic hydroxyl groups is 1. The number of carboxylic acids is 1. The number of carbonyl (C=O) groups is 1. The van der Waals surface area contributed by atoms with Crippen LogP contribution < -0.4 is 5.73 Å². The molecule has 4 N–H and O–H groups in total. The summed E-state index contributed by atoms with van der Waals surface area (Å²) in [5.41, 5.74) is 5.71. The van der Waals surface area contributed by atoms with Crippen LogP contribution in [0.4, 0.5) is 4.39 Å². The molecule has 1 aromatic carbocycles. The normalized spacial score (nSPS) is 12.7. The lowest BCUT2D eigenvalue weighted by Gasteiger charge is -2.17. The van der Waals surface area contributed by atoms with Crippen molar-refractivity contribution < 1.29 is 19.4 Å². The highest BCUT2D eigenvalue weighted by Gasteiger charge is 2.24. The van der Waals surface area contributed by atoms with Crippen LogP contribution in [0.3, 0.4) is 0 Å². The lowest BCUT2D eigenvalue weighted by Crippen LogP contribution is -2.22. The number of nitrogens with two attached hydrogens (primary N) is 1. The molecule has 0 aliphatic carbocycles. The van der Waals surface area contributed by atoms with Gasteiger partial charge in [0.25, 0.3) is 0 Å². The summed E-state index contributed by atoms with van der Waals surface area (Å²) < 4.78 is 13.5. The summed E-state index contributed by atoms with van der Waals surface area (Å²) in [6.45, 7) is 0.112. The molecule has 0 saturated heterocycles. The third kappa shape index (κ3) is 3.18. The van der Waals surface area contributed by atoms with Crippen LogP contribution in [0.15, 0.2) is 12.1 Å². The zero-order valence-corrected chi connectivity index (χ0v) is 10.4. The molecule has 1 atom stereocenters. The Kier molecular flexibility index (Phi) is 4.63. The Balaban J connectivity index is 3.27. The second-order valence-corrected chi connectivity index (χ2v) is 4.37. The van der Waals surface area contributed by atoms with Crippen LogP contribution in [0, 0.1) is 5.82 Å². The fraction of sp³-hybridized carbons (Fsp3) is 0.417. The fourth-order valence-corrected chi connectivity index (χ4v) is 1.77. The summed E-state index contributed by atoms with van der Waals surface area (Å²) in [4.78, 5) is 12.8. The van der Waals surface area contributed by atoms with E-state index >= 15 is 0 Å². The summed E-state index contributed by atoms with van der Waals surface area (Å²) in [5, 5.41) is 19.0. The molecule has 1 unspecified atom stereocenters. The highest BCUT2D eigenvalue weighted by Crippen LogP contribution is 2.31. The minimum Gasteiger partial charge on any atom is -0.507 e. The van der Waals surface area contributed by atoms with Gasteiger partial charge in [0.2, 0.25) is 0 Å². The van der Waals surface area contributed by atoms with Crippen LogP contribution in [-0.4, -0.2) is 41.7 Å². The van der Waals surface area contributed by atoms with Gasteiger partial charge >= 0.3 is 5.97 Å². The van der Waals surface area contributed by atoms with Gasteiger partial charge in [-0.2, -0.15) is 0 Å². The van der Waals surface area contributed by atoms with Gasteiger partial charge < -0.3 is 20.8 Å². The van der Waals surface area contributed by atoms with Crippen molar-refractivity contribution in [2.45, 2.75) is 12.5 Å². The van der Waals surface area contributed by atoms with E-state index in [1.165, 1.54) is 6.07 Å². The quantitative estimate of drug-likeness (QED) is 0.722. The molecule has 5 nitrogen and oxygen atoms in total. The predicted octanol–water partition coefficient (Wildman–Crippen LogP) is 0.720. The molecule has 1 aromatic rings. The van der Waals surface area contributed by atoms with Gasteiger partial charge in [0.1, 0.15) is 11.6 Å². The van der Waals surface area contributed by atoms with Crippen molar-refractivity contribution in [1.29, 1.82) is 0 Å². The van der Waals surface area contributed by atoms with E-state index < -0.39 is 17.7 Å². The topological polar surface area (TPSA) is 86.8 Å². The number of aliphatic carboxylic acids is 1. The van der Waals surface area contributed by atoms with Crippen LogP contribution >= 0.6 is 0 Å². The van der Waals surface area contributed by atoms with Crippen molar-refractivity contribution in [3.63, 3.8) is 0 Å². The number of halogens is 1. The molecule has 0 spiro atoms. The maximum Gasteiger partial charge on any atom is 0.312 e. The molecule has 0 aromatic heterocycles. The summed E-state index contributed by atoms with van der Waals surface area (Å²) in [6, 6.07) is 2.20. The number of phenols is 1. The molecule has 0 radical (unpaired) electrons. The van der Waals surface area contributed by atoms with Crippen LogP contribution in [0.2, 0.25) is 0 Å². The molecular weight excluding hydrogens is 239 g/mol. The van der Waals surface area contributed by atoms with E-state index in [-0.39, 0.29) is 17.9 Å². The Morgan fingerprint density at radius 3 is 2.56 bits per heavy atom. The van der Waals surface area contributed by atoms with Gasteiger partial charge in [-0.1, -0.05) is 0 Å². The number of carboxylic acid groups (broad SMARTS) is 1. The average molecular weight is 256 g/mol. The SMILES string of the molecule is CN(C)Cc1cc(F)cc(C(CN)C(=O)O)c1O. The summed E-state index contributed by atoms with van der Waals surface area (Å²) in [6.07, 6.45) is 0. The predicted molar refractivity (Wildman–Crippen MR) is 64.9 cm³/mol. The number of nitrogens with zero attached hydrogens (tertiary/aromatic N) is 1. The third-order valence-electron chi connectivity index (χ3n) is 2.58. The average Bonchev–Trinajstić information content (AvgIpc) is 2.24. The minimum atomic E-state index is -1.19. The number of hydrogen-bond donors (Lipinski definition) is 3. The van der Waals surface area contributed by atoms with Crippen LogP contribution in [0.5, 0.6) is 5.75 Å².